The molecule has 0 unspecified atom stereocenters. The minimum atomic E-state index is 0.399. The van der Waals surface area contributed by atoms with E-state index in [1.807, 2.05) is 0 Å². The van der Waals surface area contributed by atoms with Crippen LogP contribution in [0, 0.1) is 5.92 Å². The van der Waals surface area contributed by atoms with Crippen molar-refractivity contribution in [3.05, 3.63) is 17.3 Å². The van der Waals surface area contributed by atoms with E-state index in [-0.39, 0.29) is 0 Å². The van der Waals surface area contributed by atoms with Crippen LogP contribution in [0.15, 0.2) is 12.1 Å². The predicted molar refractivity (Wildman–Crippen MR) is 62.7 cm³/mol. The Morgan fingerprint density at radius 2 is 2.19 bits per heavy atom. The van der Waals surface area contributed by atoms with Crippen LogP contribution in [0.5, 0.6) is 5.88 Å². The number of aromatic nitrogens is 1. The number of ether oxygens (including phenoxy) is 2. The molecule has 2 heterocycles. The van der Waals surface area contributed by atoms with E-state index >= 15 is 0 Å². The number of nitrogen functional groups attached to an aromatic ring is 1. The summed E-state index contributed by atoms with van der Waals surface area (Å²) in [5, 5.41) is 0.399. The average molecular weight is 243 g/mol. The molecule has 2 N–H and O–H groups in total. The lowest BCUT2D eigenvalue weighted by Gasteiger charge is -2.22. The lowest BCUT2D eigenvalue weighted by molar-refractivity contribution is 0.0492. The first-order valence-corrected chi connectivity index (χ1v) is 5.76. The molecule has 0 aromatic carbocycles. The molecular formula is C11H15ClN2O2. The van der Waals surface area contributed by atoms with Gasteiger partial charge in [0.2, 0.25) is 5.88 Å². The summed E-state index contributed by atoms with van der Waals surface area (Å²) in [6, 6.07) is 3.35. The Bertz CT molecular complexity index is 354. The Hall–Kier alpha value is -1.00. The second-order valence-corrected chi connectivity index (χ2v) is 4.28. The molecule has 1 fully saturated rings. The Morgan fingerprint density at radius 3 is 2.94 bits per heavy atom. The van der Waals surface area contributed by atoms with E-state index in [9.17, 15) is 0 Å². The van der Waals surface area contributed by atoms with Crippen LogP contribution in [-0.2, 0) is 4.74 Å². The first-order chi connectivity index (χ1) is 7.75. The largest absolute Gasteiger partial charge is 0.476 e. The number of anilines is 1. The van der Waals surface area contributed by atoms with Gasteiger partial charge < -0.3 is 15.2 Å². The zero-order valence-corrected chi connectivity index (χ0v) is 9.74. The Morgan fingerprint density at radius 1 is 1.44 bits per heavy atom. The Kier molecular flexibility index (Phi) is 3.85. The highest BCUT2D eigenvalue weighted by atomic mass is 35.5. The molecule has 1 aromatic rings. The molecule has 0 amide bonds. The highest BCUT2D eigenvalue weighted by Gasteiger charge is 2.15. The Labute approximate surface area is 99.7 Å². The van der Waals surface area contributed by atoms with Crippen molar-refractivity contribution >= 4 is 17.3 Å². The van der Waals surface area contributed by atoms with Gasteiger partial charge in [0.05, 0.1) is 12.3 Å². The van der Waals surface area contributed by atoms with Crippen molar-refractivity contribution in [1.82, 2.24) is 4.98 Å². The molecule has 0 spiro atoms. The van der Waals surface area contributed by atoms with E-state index < -0.39 is 0 Å². The van der Waals surface area contributed by atoms with Crippen LogP contribution in [0.25, 0.3) is 0 Å². The van der Waals surface area contributed by atoms with Crippen molar-refractivity contribution < 1.29 is 9.47 Å². The van der Waals surface area contributed by atoms with Gasteiger partial charge in [0.25, 0.3) is 0 Å². The van der Waals surface area contributed by atoms with Crippen LogP contribution < -0.4 is 10.5 Å². The summed E-state index contributed by atoms with van der Waals surface area (Å²) in [4.78, 5) is 4.04. The minimum Gasteiger partial charge on any atom is -0.476 e. The van der Waals surface area contributed by atoms with Crippen molar-refractivity contribution in [2.24, 2.45) is 5.92 Å². The van der Waals surface area contributed by atoms with Gasteiger partial charge in [-0.25, -0.2) is 0 Å². The second-order valence-electron chi connectivity index (χ2n) is 3.90. The monoisotopic (exact) mass is 242 g/mol. The standard InChI is InChI=1S/C11H15ClN2O2/c12-10-2-1-9(13)11(14-10)16-7-8-3-5-15-6-4-8/h1-2,8H,3-7,13H2. The molecule has 16 heavy (non-hydrogen) atoms. The van der Waals surface area contributed by atoms with Crippen molar-refractivity contribution in [2.45, 2.75) is 12.8 Å². The summed E-state index contributed by atoms with van der Waals surface area (Å²) < 4.78 is 10.9. The second kappa shape index (κ2) is 5.37. The van der Waals surface area contributed by atoms with E-state index in [1.165, 1.54) is 0 Å². The average Bonchev–Trinajstić information content (AvgIpc) is 2.32. The molecule has 1 aliphatic heterocycles. The molecule has 88 valence electrons. The van der Waals surface area contributed by atoms with Gasteiger partial charge in [0, 0.05) is 13.2 Å². The van der Waals surface area contributed by atoms with E-state index in [2.05, 4.69) is 4.98 Å². The van der Waals surface area contributed by atoms with E-state index in [1.54, 1.807) is 12.1 Å². The van der Waals surface area contributed by atoms with Gasteiger partial charge in [0.1, 0.15) is 5.15 Å². The van der Waals surface area contributed by atoms with Crippen molar-refractivity contribution in [1.29, 1.82) is 0 Å². The first-order valence-electron chi connectivity index (χ1n) is 5.38. The fourth-order valence-corrected chi connectivity index (χ4v) is 1.79. The van der Waals surface area contributed by atoms with Crippen LogP contribution in [0.1, 0.15) is 12.8 Å². The van der Waals surface area contributed by atoms with Gasteiger partial charge >= 0.3 is 0 Å². The van der Waals surface area contributed by atoms with Crippen LogP contribution in [-0.4, -0.2) is 24.8 Å². The summed E-state index contributed by atoms with van der Waals surface area (Å²) in [6.45, 7) is 2.25. The van der Waals surface area contributed by atoms with E-state index in [0.29, 0.717) is 29.2 Å². The highest BCUT2D eigenvalue weighted by molar-refractivity contribution is 6.29. The number of nitrogens with two attached hydrogens (primary N) is 1. The smallest absolute Gasteiger partial charge is 0.238 e. The van der Waals surface area contributed by atoms with E-state index in [4.69, 9.17) is 26.8 Å². The summed E-state index contributed by atoms with van der Waals surface area (Å²) >= 11 is 5.77. The fraction of sp³-hybridized carbons (Fsp3) is 0.545. The summed E-state index contributed by atoms with van der Waals surface area (Å²) in [6.07, 6.45) is 2.06. The molecule has 0 aliphatic carbocycles. The first kappa shape index (κ1) is 11.5. The number of halogens is 1. The molecule has 0 bridgehead atoms. The lowest BCUT2D eigenvalue weighted by Crippen LogP contribution is -2.21. The third-order valence-electron chi connectivity index (χ3n) is 2.65. The minimum absolute atomic E-state index is 0.399. The maximum absolute atomic E-state index is 5.77. The summed E-state index contributed by atoms with van der Waals surface area (Å²) in [5.41, 5.74) is 6.26. The van der Waals surface area contributed by atoms with E-state index in [0.717, 1.165) is 26.1 Å². The highest BCUT2D eigenvalue weighted by Crippen LogP contribution is 2.23. The number of hydrogen-bond donors (Lipinski definition) is 1. The maximum atomic E-state index is 5.77. The van der Waals surface area contributed by atoms with Crippen molar-refractivity contribution in [3.63, 3.8) is 0 Å². The van der Waals surface area contributed by atoms with Crippen LogP contribution in [0.2, 0.25) is 5.15 Å². The molecule has 0 saturated carbocycles. The van der Waals surface area contributed by atoms with Gasteiger partial charge in [-0.1, -0.05) is 11.6 Å². The number of nitrogens with zero attached hydrogens (tertiary/aromatic N) is 1. The SMILES string of the molecule is Nc1ccc(Cl)nc1OCC1CCOCC1. The quantitative estimate of drug-likeness (QED) is 0.825. The third kappa shape index (κ3) is 3.00. The summed E-state index contributed by atoms with van der Waals surface area (Å²) in [7, 11) is 0. The summed E-state index contributed by atoms with van der Waals surface area (Å²) in [5.74, 6) is 0.952. The lowest BCUT2D eigenvalue weighted by atomic mass is 10.0. The maximum Gasteiger partial charge on any atom is 0.238 e. The van der Waals surface area contributed by atoms with Crippen LogP contribution in [0.3, 0.4) is 0 Å². The third-order valence-corrected chi connectivity index (χ3v) is 2.86. The molecular weight excluding hydrogens is 228 g/mol. The zero-order chi connectivity index (χ0) is 11.4. The molecule has 1 saturated heterocycles. The molecule has 2 rings (SSSR count). The van der Waals surface area contributed by atoms with Gasteiger partial charge in [-0.05, 0) is 30.9 Å². The zero-order valence-electron chi connectivity index (χ0n) is 8.99. The molecule has 0 radical (unpaired) electrons. The predicted octanol–water partition coefficient (Wildman–Crippen LogP) is 2.12. The number of rotatable bonds is 3. The number of hydrogen-bond acceptors (Lipinski definition) is 4. The van der Waals surface area contributed by atoms with Crippen LogP contribution >= 0.6 is 11.6 Å². The van der Waals surface area contributed by atoms with Gasteiger partial charge in [-0.15, -0.1) is 0 Å². The number of pyridine rings is 1. The van der Waals surface area contributed by atoms with Crippen molar-refractivity contribution in [3.8, 4) is 5.88 Å². The normalized spacial score (nSPS) is 17.3. The fourth-order valence-electron chi connectivity index (χ4n) is 1.65. The van der Waals surface area contributed by atoms with Crippen LogP contribution in [0.4, 0.5) is 5.69 Å². The molecule has 1 aromatic heterocycles. The molecule has 4 nitrogen and oxygen atoms in total. The Balaban J connectivity index is 1.90. The topological polar surface area (TPSA) is 57.4 Å². The van der Waals surface area contributed by atoms with Gasteiger partial charge in [-0.3, -0.25) is 0 Å². The molecule has 5 heteroatoms. The molecule has 0 atom stereocenters. The van der Waals surface area contributed by atoms with Crippen molar-refractivity contribution in [2.75, 3.05) is 25.6 Å². The van der Waals surface area contributed by atoms with Gasteiger partial charge in [0.15, 0.2) is 0 Å². The van der Waals surface area contributed by atoms with Gasteiger partial charge in [-0.2, -0.15) is 4.98 Å². The molecule has 1 aliphatic rings.